The van der Waals surface area contributed by atoms with Crippen molar-refractivity contribution in [3.63, 3.8) is 0 Å². The van der Waals surface area contributed by atoms with Crippen LogP contribution in [0.4, 0.5) is 0 Å². The fourth-order valence-corrected chi connectivity index (χ4v) is 3.14. The maximum absolute atomic E-state index is 3.72. The molecule has 1 unspecified atom stereocenters. The van der Waals surface area contributed by atoms with Crippen LogP contribution in [0.5, 0.6) is 0 Å². The Morgan fingerprint density at radius 2 is 1.85 bits per heavy atom. The van der Waals surface area contributed by atoms with Crippen molar-refractivity contribution in [2.24, 2.45) is 5.92 Å². The molecule has 1 aliphatic rings. The van der Waals surface area contributed by atoms with Gasteiger partial charge in [-0.2, -0.15) is 0 Å². The first kappa shape index (κ1) is 15.5. The number of hydrogen-bond acceptors (Lipinski definition) is 2. The quantitative estimate of drug-likeness (QED) is 0.853. The highest BCUT2D eigenvalue weighted by molar-refractivity contribution is 5.21. The molecule has 1 fully saturated rings. The van der Waals surface area contributed by atoms with E-state index in [2.05, 4.69) is 55.3 Å². The first-order valence-electron chi connectivity index (χ1n) is 8.20. The van der Waals surface area contributed by atoms with Gasteiger partial charge < -0.3 is 10.2 Å². The molecule has 0 bridgehead atoms. The highest BCUT2D eigenvalue weighted by Crippen LogP contribution is 2.21. The lowest BCUT2D eigenvalue weighted by atomic mass is 9.90. The Labute approximate surface area is 124 Å². The van der Waals surface area contributed by atoms with E-state index in [4.69, 9.17) is 0 Å². The van der Waals surface area contributed by atoms with Crippen molar-refractivity contribution in [2.75, 3.05) is 19.6 Å². The number of aryl methyl sites for hydroxylation is 1. The van der Waals surface area contributed by atoms with E-state index >= 15 is 0 Å². The maximum atomic E-state index is 3.72. The van der Waals surface area contributed by atoms with Crippen molar-refractivity contribution >= 4 is 0 Å². The van der Waals surface area contributed by atoms with Gasteiger partial charge in [0.2, 0.25) is 0 Å². The molecule has 1 aromatic carbocycles. The van der Waals surface area contributed by atoms with Gasteiger partial charge in [0.05, 0.1) is 0 Å². The summed E-state index contributed by atoms with van der Waals surface area (Å²) in [4.78, 5) is 2.61. The van der Waals surface area contributed by atoms with Crippen LogP contribution in [0.15, 0.2) is 24.3 Å². The second-order valence-corrected chi connectivity index (χ2v) is 6.33. The smallest absolute Gasteiger partial charge is 0.0208 e. The number of nitrogens with one attached hydrogen (secondary N) is 1. The lowest BCUT2D eigenvalue weighted by Gasteiger charge is -2.35. The van der Waals surface area contributed by atoms with Crippen molar-refractivity contribution in [3.05, 3.63) is 35.4 Å². The van der Waals surface area contributed by atoms with Crippen molar-refractivity contribution < 1.29 is 0 Å². The van der Waals surface area contributed by atoms with Crippen LogP contribution in [0.3, 0.4) is 0 Å². The van der Waals surface area contributed by atoms with E-state index in [1.165, 1.54) is 50.0 Å². The van der Waals surface area contributed by atoms with Gasteiger partial charge in [0.25, 0.3) is 0 Å². The summed E-state index contributed by atoms with van der Waals surface area (Å²) < 4.78 is 0. The van der Waals surface area contributed by atoms with Gasteiger partial charge in [0, 0.05) is 12.6 Å². The van der Waals surface area contributed by atoms with Gasteiger partial charge in [0.1, 0.15) is 0 Å². The lowest BCUT2D eigenvalue weighted by molar-refractivity contribution is 0.162. The van der Waals surface area contributed by atoms with E-state index in [0.717, 1.165) is 12.5 Å². The summed E-state index contributed by atoms with van der Waals surface area (Å²) in [6.45, 7) is 11.6. The summed E-state index contributed by atoms with van der Waals surface area (Å²) in [7, 11) is 0. The SMILES string of the molecule is CCCN1CCC(C(C)NCc2ccc(C)cc2)CC1. The van der Waals surface area contributed by atoms with Gasteiger partial charge in [-0.1, -0.05) is 36.8 Å². The molecular formula is C18H30N2. The van der Waals surface area contributed by atoms with E-state index in [0.29, 0.717) is 6.04 Å². The zero-order valence-electron chi connectivity index (χ0n) is 13.4. The van der Waals surface area contributed by atoms with Gasteiger partial charge in [-0.05, 0) is 64.2 Å². The van der Waals surface area contributed by atoms with Crippen LogP contribution in [0.2, 0.25) is 0 Å². The monoisotopic (exact) mass is 274 g/mol. The van der Waals surface area contributed by atoms with E-state index in [9.17, 15) is 0 Å². The van der Waals surface area contributed by atoms with E-state index < -0.39 is 0 Å². The number of benzene rings is 1. The van der Waals surface area contributed by atoms with E-state index in [1.807, 2.05) is 0 Å². The van der Waals surface area contributed by atoms with Crippen molar-refractivity contribution in [1.29, 1.82) is 0 Å². The highest BCUT2D eigenvalue weighted by atomic mass is 15.1. The molecule has 20 heavy (non-hydrogen) atoms. The molecule has 1 heterocycles. The van der Waals surface area contributed by atoms with E-state index in [1.54, 1.807) is 0 Å². The average molecular weight is 274 g/mol. The average Bonchev–Trinajstić information content (AvgIpc) is 2.47. The number of nitrogens with zero attached hydrogens (tertiary/aromatic N) is 1. The summed E-state index contributed by atoms with van der Waals surface area (Å²) >= 11 is 0. The fraction of sp³-hybridized carbons (Fsp3) is 0.667. The predicted octanol–water partition coefficient (Wildman–Crippen LogP) is 3.60. The molecule has 0 aromatic heterocycles. The van der Waals surface area contributed by atoms with Crippen molar-refractivity contribution in [3.8, 4) is 0 Å². The minimum atomic E-state index is 0.625. The molecule has 1 saturated heterocycles. The summed E-state index contributed by atoms with van der Waals surface area (Å²) in [6, 6.07) is 9.49. The third kappa shape index (κ3) is 4.60. The molecule has 0 spiro atoms. The van der Waals surface area contributed by atoms with Crippen LogP contribution in [-0.2, 0) is 6.54 Å². The molecule has 112 valence electrons. The third-order valence-corrected chi connectivity index (χ3v) is 4.63. The largest absolute Gasteiger partial charge is 0.310 e. The van der Waals surface area contributed by atoms with Gasteiger partial charge in [0.15, 0.2) is 0 Å². The Hall–Kier alpha value is -0.860. The second-order valence-electron chi connectivity index (χ2n) is 6.33. The first-order valence-corrected chi connectivity index (χ1v) is 8.20. The molecule has 0 radical (unpaired) electrons. The summed E-state index contributed by atoms with van der Waals surface area (Å²) in [5.41, 5.74) is 2.73. The van der Waals surface area contributed by atoms with Crippen LogP contribution in [0, 0.1) is 12.8 Å². The molecule has 0 saturated carbocycles. The van der Waals surface area contributed by atoms with Crippen molar-refractivity contribution in [1.82, 2.24) is 10.2 Å². The molecule has 1 aromatic rings. The first-order chi connectivity index (χ1) is 9.69. The van der Waals surface area contributed by atoms with Crippen LogP contribution in [0.25, 0.3) is 0 Å². The van der Waals surface area contributed by atoms with Gasteiger partial charge in [-0.3, -0.25) is 0 Å². The molecule has 1 atom stereocenters. The highest BCUT2D eigenvalue weighted by Gasteiger charge is 2.22. The summed E-state index contributed by atoms with van der Waals surface area (Å²) in [5.74, 6) is 0.841. The Morgan fingerprint density at radius 1 is 1.20 bits per heavy atom. The maximum Gasteiger partial charge on any atom is 0.0208 e. The third-order valence-electron chi connectivity index (χ3n) is 4.63. The topological polar surface area (TPSA) is 15.3 Å². The summed E-state index contributed by atoms with van der Waals surface area (Å²) in [6.07, 6.45) is 3.98. The van der Waals surface area contributed by atoms with Crippen LogP contribution < -0.4 is 5.32 Å². The van der Waals surface area contributed by atoms with Crippen LogP contribution in [-0.4, -0.2) is 30.6 Å². The molecule has 1 aliphatic heterocycles. The minimum absolute atomic E-state index is 0.625. The van der Waals surface area contributed by atoms with Crippen LogP contribution in [0.1, 0.15) is 44.2 Å². The standard InChI is InChI=1S/C18H30N2/c1-4-11-20-12-9-18(10-13-20)16(3)19-14-17-7-5-15(2)6-8-17/h5-8,16,18-19H,4,9-14H2,1-3H3. The Balaban J connectivity index is 1.72. The predicted molar refractivity (Wildman–Crippen MR) is 86.9 cm³/mol. The van der Waals surface area contributed by atoms with Gasteiger partial charge in [-0.15, -0.1) is 0 Å². The Bertz CT molecular complexity index is 377. The molecular weight excluding hydrogens is 244 g/mol. The fourth-order valence-electron chi connectivity index (χ4n) is 3.14. The molecule has 2 rings (SSSR count). The molecule has 2 heteroatoms. The van der Waals surface area contributed by atoms with Gasteiger partial charge in [-0.25, -0.2) is 0 Å². The lowest BCUT2D eigenvalue weighted by Crippen LogP contribution is -2.41. The number of piperidine rings is 1. The Morgan fingerprint density at radius 3 is 2.45 bits per heavy atom. The number of rotatable bonds is 6. The summed E-state index contributed by atoms with van der Waals surface area (Å²) in [5, 5.41) is 3.72. The molecule has 1 N–H and O–H groups in total. The second kappa shape index (κ2) is 7.80. The zero-order chi connectivity index (χ0) is 14.4. The van der Waals surface area contributed by atoms with Crippen LogP contribution >= 0.6 is 0 Å². The Kier molecular flexibility index (Phi) is 6.06. The van der Waals surface area contributed by atoms with Crippen molar-refractivity contribution in [2.45, 2.75) is 52.6 Å². The van der Waals surface area contributed by atoms with Gasteiger partial charge >= 0.3 is 0 Å². The minimum Gasteiger partial charge on any atom is -0.310 e. The molecule has 0 aliphatic carbocycles. The number of hydrogen-bond donors (Lipinski definition) is 1. The zero-order valence-corrected chi connectivity index (χ0v) is 13.4. The molecule has 0 amide bonds. The molecule has 2 nitrogen and oxygen atoms in total. The number of likely N-dealkylation sites (tertiary alicyclic amines) is 1. The normalized spacial score (nSPS) is 19.1. The van der Waals surface area contributed by atoms with E-state index in [-0.39, 0.29) is 0 Å².